The van der Waals surface area contributed by atoms with Gasteiger partial charge in [-0.25, -0.2) is 0 Å². The molecule has 0 aliphatic heterocycles. The van der Waals surface area contributed by atoms with E-state index in [9.17, 15) is 4.79 Å². The van der Waals surface area contributed by atoms with Crippen molar-refractivity contribution in [3.8, 4) is 0 Å². The lowest BCUT2D eigenvalue weighted by molar-refractivity contribution is 0.0944. The standard InChI is InChI=1S/C9H13N3O/c1-2-6-5-8(6)11-9(13)7-3-4-10-12-7/h3-4,6,8H,2,5H2,1H3,(H,10,12)(H,11,13)/t6-,8-/m1/s1. The van der Waals surface area contributed by atoms with Crippen LogP contribution < -0.4 is 5.32 Å². The highest BCUT2D eigenvalue weighted by atomic mass is 16.2. The van der Waals surface area contributed by atoms with Crippen LogP contribution in [0.5, 0.6) is 0 Å². The van der Waals surface area contributed by atoms with Gasteiger partial charge >= 0.3 is 0 Å². The van der Waals surface area contributed by atoms with Crippen molar-refractivity contribution in [1.82, 2.24) is 15.5 Å². The topological polar surface area (TPSA) is 57.8 Å². The van der Waals surface area contributed by atoms with Gasteiger partial charge in [0.05, 0.1) is 0 Å². The first-order chi connectivity index (χ1) is 6.31. The van der Waals surface area contributed by atoms with E-state index in [-0.39, 0.29) is 5.91 Å². The van der Waals surface area contributed by atoms with Gasteiger partial charge in [-0.2, -0.15) is 5.10 Å². The molecular formula is C9H13N3O. The number of hydrogen-bond acceptors (Lipinski definition) is 2. The van der Waals surface area contributed by atoms with Gasteiger partial charge in [-0.3, -0.25) is 9.89 Å². The van der Waals surface area contributed by atoms with Crippen LogP contribution in [0.15, 0.2) is 12.3 Å². The Hall–Kier alpha value is -1.32. The Morgan fingerprint density at radius 3 is 3.23 bits per heavy atom. The molecule has 0 unspecified atom stereocenters. The molecule has 70 valence electrons. The Bertz CT molecular complexity index is 294. The van der Waals surface area contributed by atoms with Crippen LogP contribution in [0, 0.1) is 5.92 Å². The molecule has 1 aliphatic rings. The van der Waals surface area contributed by atoms with Crippen LogP contribution in [-0.2, 0) is 0 Å². The van der Waals surface area contributed by atoms with Gasteiger partial charge in [-0.15, -0.1) is 0 Å². The van der Waals surface area contributed by atoms with Crippen molar-refractivity contribution in [3.63, 3.8) is 0 Å². The predicted octanol–water partition coefficient (Wildman–Crippen LogP) is 0.938. The minimum atomic E-state index is -0.0431. The highest BCUT2D eigenvalue weighted by Crippen LogP contribution is 2.33. The van der Waals surface area contributed by atoms with Crippen molar-refractivity contribution >= 4 is 5.91 Å². The molecule has 1 aliphatic carbocycles. The van der Waals surface area contributed by atoms with Gasteiger partial charge in [0.15, 0.2) is 0 Å². The minimum absolute atomic E-state index is 0.0431. The van der Waals surface area contributed by atoms with Crippen LogP contribution in [0.2, 0.25) is 0 Å². The highest BCUT2D eigenvalue weighted by Gasteiger charge is 2.36. The third-order valence-electron chi connectivity index (χ3n) is 2.51. The summed E-state index contributed by atoms with van der Waals surface area (Å²) in [6, 6.07) is 2.07. The summed E-state index contributed by atoms with van der Waals surface area (Å²) in [4.78, 5) is 11.4. The molecule has 1 aromatic rings. The first kappa shape index (κ1) is 8.29. The molecule has 2 rings (SSSR count). The van der Waals surface area contributed by atoms with Crippen LogP contribution in [0.1, 0.15) is 30.3 Å². The highest BCUT2D eigenvalue weighted by molar-refractivity contribution is 5.92. The fourth-order valence-electron chi connectivity index (χ4n) is 1.50. The van der Waals surface area contributed by atoms with Crippen LogP contribution >= 0.6 is 0 Å². The zero-order chi connectivity index (χ0) is 9.26. The molecule has 0 bridgehead atoms. The molecule has 1 aromatic heterocycles. The molecule has 0 aromatic carbocycles. The molecular weight excluding hydrogens is 166 g/mol. The second-order valence-electron chi connectivity index (χ2n) is 3.45. The molecule has 13 heavy (non-hydrogen) atoms. The van der Waals surface area contributed by atoms with Gasteiger partial charge in [-0.05, 0) is 18.4 Å². The van der Waals surface area contributed by atoms with Crippen LogP contribution in [0.3, 0.4) is 0 Å². The summed E-state index contributed by atoms with van der Waals surface area (Å²) in [7, 11) is 0. The Labute approximate surface area is 76.7 Å². The second kappa shape index (κ2) is 3.20. The Kier molecular flexibility index (Phi) is 2.04. The Morgan fingerprint density at radius 2 is 2.69 bits per heavy atom. The van der Waals surface area contributed by atoms with Gasteiger partial charge in [0.25, 0.3) is 5.91 Å². The third kappa shape index (κ3) is 1.71. The van der Waals surface area contributed by atoms with Crippen LogP contribution in [0.4, 0.5) is 0 Å². The van der Waals surface area contributed by atoms with Crippen molar-refractivity contribution in [2.75, 3.05) is 0 Å². The van der Waals surface area contributed by atoms with Gasteiger partial charge in [0, 0.05) is 12.2 Å². The predicted molar refractivity (Wildman–Crippen MR) is 48.2 cm³/mol. The lowest BCUT2D eigenvalue weighted by Gasteiger charge is -2.00. The number of rotatable bonds is 3. The SMILES string of the molecule is CC[C@@H]1C[C@H]1NC(=O)c1ccn[nH]1. The average Bonchev–Trinajstić information content (AvgIpc) is 2.68. The number of carbonyl (C=O) groups is 1. The Balaban J connectivity index is 1.87. The summed E-state index contributed by atoms with van der Waals surface area (Å²) in [5.41, 5.74) is 0.543. The zero-order valence-electron chi connectivity index (χ0n) is 7.58. The monoisotopic (exact) mass is 179 g/mol. The van der Waals surface area contributed by atoms with E-state index in [2.05, 4.69) is 22.4 Å². The maximum atomic E-state index is 11.4. The quantitative estimate of drug-likeness (QED) is 0.725. The van der Waals surface area contributed by atoms with E-state index in [1.54, 1.807) is 12.3 Å². The van der Waals surface area contributed by atoms with Crippen molar-refractivity contribution in [2.45, 2.75) is 25.8 Å². The molecule has 1 fully saturated rings. The molecule has 2 atom stereocenters. The molecule has 1 saturated carbocycles. The summed E-state index contributed by atoms with van der Waals surface area (Å²) >= 11 is 0. The summed E-state index contributed by atoms with van der Waals surface area (Å²) in [6.07, 6.45) is 3.85. The third-order valence-corrected chi connectivity index (χ3v) is 2.51. The Morgan fingerprint density at radius 1 is 1.85 bits per heavy atom. The van der Waals surface area contributed by atoms with E-state index < -0.39 is 0 Å². The van der Waals surface area contributed by atoms with Crippen LogP contribution in [0.25, 0.3) is 0 Å². The normalized spacial score (nSPS) is 25.6. The zero-order valence-corrected chi connectivity index (χ0v) is 7.58. The first-order valence-electron chi connectivity index (χ1n) is 4.61. The van der Waals surface area contributed by atoms with Gasteiger partial charge < -0.3 is 5.32 Å². The molecule has 1 amide bonds. The van der Waals surface area contributed by atoms with E-state index in [1.165, 1.54) is 0 Å². The van der Waals surface area contributed by atoms with E-state index in [0.29, 0.717) is 17.7 Å². The number of nitrogens with zero attached hydrogens (tertiary/aromatic N) is 1. The summed E-state index contributed by atoms with van der Waals surface area (Å²) in [6.45, 7) is 2.15. The van der Waals surface area contributed by atoms with E-state index in [0.717, 1.165) is 12.8 Å². The van der Waals surface area contributed by atoms with Gasteiger partial charge in [0.2, 0.25) is 0 Å². The van der Waals surface area contributed by atoms with Crippen molar-refractivity contribution in [1.29, 1.82) is 0 Å². The molecule has 4 heteroatoms. The number of nitrogens with one attached hydrogen (secondary N) is 2. The first-order valence-corrected chi connectivity index (χ1v) is 4.61. The minimum Gasteiger partial charge on any atom is -0.348 e. The maximum absolute atomic E-state index is 11.4. The molecule has 0 radical (unpaired) electrons. The van der Waals surface area contributed by atoms with Crippen LogP contribution in [-0.4, -0.2) is 22.1 Å². The molecule has 2 N–H and O–H groups in total. The maximum Gasteiger partial charge on any atom is 0.269 e. The second-order valence-corrected chi connectivity index (χ2v) is 3.45. The lowest BCUT2D eigenvalue weighted by Crippen LogP contribution is -2.27. The molecule has 0 spiro atoms. The molecule has 0 saturated heterocycles. The number of hydrogen-bond donors (Lipinski definition) is 2. The molecule has 4 nitrogen and oxygen atoms in total. The number of H-pyrrole nitrogens is 1. The largest absolute Gasteiger partial charge is 0.348 e. The van der Waals surface area contributed by atoms with Gasteiger partial charge in [-0.1, -0.05) is 13.3 Å². The van der Waals surface area contributed by atoms with E-state index >= 15 is 0 Å². The smallest absolute Gasteiger partial charge is 0.269 e. The fourth-order valence-corrected chi connectivity index (χ4v) is 1.50. The van der Waals surface area contributed by atoms with E-state index in [4.69, 9.17) is 0 Å². The summed E-state index contributed by atoms with van der Waals surface area (Å²) in [5, 5.41) is 9.31. The fraction of sp³-hybridized carbons (Fsp3) is 0.556. The van der Waals surface area contributed by atoms with Crippen molar-refractivity contribution in [3.05, 3.63) is 18.0 Å². The number of aromatic amines is 1. The summed E-state index contributed by atoms with van der Waals surface area (Å²) in [5.74, 6) is 0.644. The van der Waals surface area contributed by atoms with Crippen molar-refractivity contribution < 1.29 is 4.79 Å². The van der Waals surface area contributed by atoms with E-state index in [1.807, 2.05) is 0 Å². The summed E-state index contributed by atoms with van der Waals surface area (Å²) < 4.78 is 0. The molecule has 1 heterocycles. The number of amides is 1. The number of carbonyl (C=O) groups excluding carboxylic acids is 1. The average molecular weight is 179 g/mol. The lowest BCUT2D eigenvalue weighted by atomic mass is 10.3. The van der Waals surface area contributed by atoms with Gasteiger partial charge in [0.1, 0.15) is 5.69 Å². The van der Waals surface area contributed by atoms with Crippen molar-refractivity contribution in [2.24, 2.45) is 5.92 Å². The number of aromatic nitrogens is 2.